The van der Waals surface area contributed by atoms with E-state index >= 15 is 0 Å². The summed E-state index contributed by atoms with van der Waals surface area (Å²) in [5.74, 6) is 0.00563. The number of carbonyl (C=O) groups is 1. The average molecular weight is 510 g/mol. The van der Waals surface area contributed by atoms with Crippen molar-refractivity contribution < 1.29 is 22.7 Å². The summed E-state index contributed by atoms with van der Waals surface area (Å²) in [6.45, 7) is 0.529. The van der Waals surface area contributed by atoms with Crippen LogP contribution in [0.1, 0.15) is 5.56 Å². The number of aromatic amines is 1. The van der Waals surface area contributed by atoms with Gasteiger partial charge in [-0.05, 0) is 55.6 Å². The predicted molar refractivity (Wildman–Crippen MR) is 137 cm³/mol. The lowest BCUT2D eigenvalue weighted by molar-refractivity contribution is -0.137. The van der Waals surface area contributed by atoms with Gasteiger partial charge in [-0.25, -0.2) is 9.97 Å². The number of rotatable bonds is 7. The van der Waals surface area contributed by atoms with Gasteiger partial charge in [0, 0.05) is 66.5 Å². The molecule has 4 aromatic rings. The van der Waals surface area contributed by atoms with Crippen LogP contribution in [0.4, 0.5) is 18.9 Å². The molecular weight excluding hydrogens is 483 g/mol. The van der Waals surface area contributed by atoms with Crippen LogP contribution < -0.4 is 9.64 Å². The number of alkyl halides is 3. The van der Waals surface area contributed by atoms with E-state index in [1.54, 1.807) is 36.7 Å². The summed E-state index contributed by atoms with van der Waals surface area (Å²) in [7, 11) is 6.67. The summed E-state index contributed by atoms with van der Waals surface area (Å²) in [6.07, 6.45) is 3.31. The van der Waals surface area contributed by atoms with Crippen molar-refractivity contribution in [3.63, 3.8) is 0 Å². The molecule has 0 atom stereocenters. The quantitative estimate of drug-likeness (QED) is 0.338. The summed E-state index contributed by atoms with van der Waals surface area (Å²) in [5, 5.41) is 0.723. The first-order valence-corrected chi connectivity index (χ1v) is 11.4. The van der Waals surface area contributed by atoms with Gasteiger partial charge in [-0.1, -0.05) is 6.08 Å². The van der Waals surface area contributed by atoms with Crippen molar-refractivity contribution in [2.45, 2.75) is 6.18 Å². The summed E-state index contributed by atoms with van der Waals surface area (Å²) < 4.78 is 46.7. The number of amides is 1. The van der Waals surface area contributed by atoms with Crippen LogP contribution in [0.25, 0.3) is 33.3 Å². The highest BCUT2D eigenvalue weighted by atomic mass is 19.4. The fraction of sp³-hybridized carbons (Fsp3) is 0.222. The third-order valence-corrected chi connectivity index (χ3v) is 5.81. The molecule has 0 aliphatic rings. The Bertz CT molecular complexity index is 1460. The van der Waals surface area contributed by atoms with E-state index in [0.29, 0.717) is 23.6 Å². The number of methoxy groups -OCH3 is 1. The monoisotopic (exact) mass is 509 g/mol. The minimum absolute atomic E-state index is 0.123. The zero-order chi connectivity index (χ0) is 26.7. The van der Waals surface area contributed by atoms with Crippen molar-refractivity contribution in [1.82, 2.24) is 19.9 Å². The van der Waals surface area contributed by atoms with Crippen LogP contribution in [0.2, 0.25) is 0 Å². The van der Waals surface area contributed by atoms with E-state index in [0.717, 1.165) is 28.6 Å². The van der Waals surface area contributed by atoms with Crippen LogP contribution >= 0.6 is 0 Å². The second-order valence-corrected chi connectivity index (χ2v) is 8.74. The lowest BCUT2D eigenvalue weighted by Crippen LogP contribution is -2.25. The van der Waals surface area contributed by atoms with Crippen LogP contribution in [0.5, 0.6) is 5.88 Å². The number of H-pyrrole nitrogens is 1. The fourth-order valence-electron chi connectivity index (χ4n) is 3.83. The summed E-state index contributed by atoms with van der Waals surface area (Å²) in [4.78, 5) is 27.3. The molecule has 1 amide bonds. The molecule has 1 aromatic carbocycles. The third kappa shape index (κ3) is 5.80. The molecule has 37 heavy (non-hydrogen) atoms. The Morgan fingerprint density at radius 3 is 2.54 bits per heavy atom. The highest BCUT2D eigenvalue weighted by Gasteiger charge is 2.32. The molecule has 3 aromatic heterocycles. The second-order valence-electron chi connectivity index (χ2n) is 8.74. The molecule has 7 nitrogen and oxygen atoms in total. The van der Waals surface area contributed by atoms with Gasteiger partial charge >= 0.3 is 6.18 Å². The Balaban J connectivity index is 1.78. The zero-order valence-electron chi connectivity index (χ0n) is 20.8. The van der Waals surface area contributed by atoms with Gasteiger partial charge in [-0.3, -0.25) is 4.79 Å². The Kier molecular flexibility index (Phi) is 7.30. The number of halogens is 3. The molecule has 192 valence electrons. The molecule has 10 heteroatoms. The van der Waals surface area contributed by atoms with Crippen molar-refractivity contribution >= 4 is 22.6 Å². The first-order valence-electron chi connectivity index (χ1n) is 11.4. The SMILES string of the molecule is COc1cc(-c2c[nH]c3ncc(-c4cc(N(C)C(=O)/C=C/CN(C)C)cc(C(F)(F)F)c4)cc23)ccn1. The Labute approximate surface area is 212 Å². The van der Waals surface area contributed by atoms with E-state index in [4.69, 9.17) is 4.74 Å². The Morgan fingerprint density at radius 1 is 1.05 bits per heavy atom. The Hall–Kier alpha value is -4.18. The molecular formula is C27H26F3N5O2. The number of hydrogen-bond acceptors (Lipinski definition) is 5. The number of fused-ring (bicyclic) bond motifs is 1. The number of hydrogen-bond donors (Lipinski definition) is 1. The summed E-state index contributed by atoms with van der Waals surface area (Å²) in [6, 6.07) is 8.94. The van der Waals surface area contributed by atoms with Gasteiger partial charge in [0.05, 0.1) is 12.7 Å². The van der Waals surface area contributed by atoms with Crippen LogP contribution in [0, 0.1) is 0 Å². The molecule has 0 spiro atoms. The molecule has 0 unspecified atom stereocenters. The third-order valence-electron chi connectivity index (χ3n) is 5.81. The number of nitrogens with zero attached hydrogens (tertiary/aromatic N) is 4. The molecule has 0 aliphatic carbocycles. The van der Waals surface area contributed by atoms with Crippen molar-refractivity contribution in [2.24, 2.45) is 0 Å². The van der Waals surface area contributed by atoms with E-state index in [1.165, 1.54) is 31.3 Å². The van der Waals surface area contributed by atoms with Crippen molar-refractivity contribution in [1.29, 1.82) is 0 Å². The first kappa shape index (κ1) is 25.9. The van der Waals surface area contributed by atoms with Crippen LogP contribution in [-0.2, 0) is 11.0 Å². The fourth-order valence-corrected chi connectivity index (χ4v) is 3.83. The molecule has 0 saturated heterocycles. The maximum atomic E-state index is 13.8. The van der Waals surface area contributed by atoms with E-state index in [9.17, 15) is 18.0 Å². The standard InChI is InChI=1S/C27H26F3N5O2/c1-34(2)9-5-6-25(36)35(3)21-11-18(10-20(14-21)27(28,29)30)19-12-22-23(16-33-26(22)32-15-19)17-7-8-31-24(13-17)37-4/h5-8,10-16H,9H2,1-4H3,(H,32,33)/b6-5+. The van der Waals surface area contributed by atoms with E-state index in [1.807, 2.05) is 25.1 Å². The van der Waals surface area contributed by atoms with Gasteiger partial charge in [0.15, 0.2) is 0 Å². The van der Waals surface area contributed by atoms with Crippen LogP contribution in [0.15, 0.2) is 67.1 Å². The number of carbonyl (C=O) groups excluding carboxylic acids is 1. The number of anilines is 1. The van der Waals surface area contributed by atoms with Gasteiger partial charge in [-0.15, -0.1) is 0 Å². The van der Waals surface area contributed by atoms with Gasteiger partial charge in [0.1, 0.15) is 5.65 Å². The number of ether oxygens (including phenoxy) is 1. The van der Waals surface area contributed by atoms with E-state index < -0.39 is 17.6 Å². The summed E-state index contributed by atoms with van der Waals surface area (Å²) >= 11 is 0. The Morgan fingerprint density at radius 2 is 1.84 bits per heavy atom. The zero-order valence-corrected chi connectivity index (χ0v) is 20.8. The second kappa shape index (κ2) is 10.4. The van der Waals surface area contributed by atoms with Gasteiger partial charge in [0.25, 0.3) is 0 Å². The first-order chi connectivity index (χ1) is 17.6. The van der Waals surface area contributed by atoms with E-state index in [-0.39, 0.29) is 11.3 Å². The highest BCUT2D eigenvalue weighted by molar-refractivity contribution is 6.02. The van der Waals surface area contributed by atoms with Gasteiger partial charge < -0.3 is 19.5 Å². The maximum Gasteiger partial charge on any atom is 0.416 e. The normalized spacial score (nSPS) is 12.0. The number of benzene rings is 1. The smallest absolute Gasteiger partial charge is 0.416 e. The van der Waals surface area contributed by atoms with Crippen molar-refractivity contribution in [2.75, 3.05) is 39.7 Å². The number of pyridine rings is 2. The molecule has 1 N–H and O–H groups in total. The van der Waals surface area contributed by atoms with Crippen molar-refractivity contribution in [3.8, 4) is 28.1 Å². The minimum atomic E-state index is -4.60. The number of likely N-dealkylation sites (N-methyl/N-ethyl adjacent to an activating group) is 2. The van der Waals surface area contributed by atoms with Crippen molar-refractivity contribution in [3.05, 3.63) is 72.7 Å². The van der Waals surface area contributed by atoms with Crippen LogP contribution in [-0.4, -0.2) is 60.6 Å². The van der Waals surface area contributed by atoms with Gasteiger partial charge in [-0.2, -0.15) is 13.2 Å². The molecule has 0 fully saturated rings. The maximum absolute atomic E-state index is 13.8. The number of nitrogens with one attached hydrogen (secondary N) is 1. The molecule has 0 saturated carbocycles. The lowest BCUT2D eigenvalue weighted by Gasteiger charge is -2.19. The molecule has 3 heterocycles. The molecule has 4 rings (SSSR count). The average Bonchev–Trinajstić information content (AvgIpc) is 3.30. The molecule has 0 bridgehead atoms. The molecule has 0 aliphatic heterocycles. The largest absolute Gasteiger partial charge is 0.481 e. The highest BCUT2D eigenvalue weighted by Crippen LogP contribution is 2.37. The predicted octanol–water partition coefficient (Wildman–Crippen LogP) is 5.40. The lowest BCUT2D eigenvalue weighted by atomic mass is 10.00. The number of aromatic nitrogens is 3. The topological polar surface area (TPSA) is 74.3 Å². The minimum Gasteiger partial charge on any atom is -0.481 e. The van der Waals surface area contributed by atoms with E-state index in [2.05, 4.69) is 15.0 Å². The molecule has 0 radical (unpaired) electrons. The summed E-state index contributed by atoms with van der Waals surface area (Å²) in [5.41, 5.74) is 2.23. The van der Waals surface area contributed by atoms with Gasteiger partial charge in [0.2, 0.25) is 11.8 Å². The van der Waals surface area contributed by atoms with Crippen LogP contribution in [0.3, 0.4) is 0 Å².